The number of ether oxygens (including phenoxy) is 2. The highest BCUT2D eigenvalue weighted by atomic mass is 16.7. The molecule has 0 spiro atoms. The molecule has 1 amide bonds. The first-order chi connectivity index (χ1) is 13.7. The van der Waals surface area contributed by atoms with Crippen LogP contribution in [0.4, 0.5) is 0 Å². The summed E-state index contributed by atoms with van der Waals surface area (Å²) in [5, 5.41) is 6.05. The van der Waals surface area contributed by atoms with Gasteiger partial charge in [-0.15, -0.1) is 0 Å². The predicted molar refractivity (Wildman–Crippen MR) is 119 cm³/mol. The maximum Gasteiger partial charge on any atom is 0.220 e. The Labute approximate surface area is 178 Å². The molecule has 0 unspecified atom stereocenters. The van der Waals surface area contributed by atoms with Crippen molar-refractivity contribution >= 4 is 12.2 Å². The molecule has 0 atom stereocenters. The molecule has 0 aromatic rings. The second-order valence-electron chi connectivity index (χ2n) is 8.94. The van der Waals surface area contributed by atoms with Crippen LogP contribution in [-0.4, -0.2) is 51.3 Å². The fourth-order valence-corrected chi connectivity index (χ4v) is 3.38. The summed E-state index contributed by atoms with van der Waals surface area (Å²) in [5.74, 6) is -0.498. The van der Waals surface area contributed by atoms with Crippen LogP contribution in [0.3, 0.4) is 0 Å². The Balaban J connectivity index is 0.00000379. The van der Waals surface area contributed by atoms with Gasteiger partial charge in [-0.05, 0) is 30.7 Å². The van der Waals surface area contributed by atoms with Gasteiger partial charge in [0.1, 0.15) is 6.29 Å². The highest BCUT2D eigenvalue weighted by Crippen LogP contribution is 2.43. The van der Waals surface area contributed by atoms with E-state index >= 15 is 0 Å². The van der Waals surface area contributed by atoms with Crippen molar-refractivity contribution in [3.05, 3.63) is 0 Å². The number of carbonyl (C=O) groups excluding carboxylic acids is 2. The molecule has 1 aliphatic carbocycles. The maximum atomic E-state index is 12.4. The zero-order chi connectivity index (χ0) is 22.4. The zero-order valence-electron chi connectivity index (χ0n) is 20.0. The van der Waals surface area contributed by atoms with Crippen molar-refractivity contribution in [3.8, 4) is 0 Å². The van der Waals surface area contributed by atoms with Crippen molar-refractivity contribution in [1.29, 1.82) is 0 Å². The van der Waals surface area contributed by atoms with Crippen molar-refractivity contribution in [3.63, 3.8) is 0 Å². The SMILES string of the molecule is CC.CNCCOC1(OCCNC(=O)CC(C)(C)C(C)(C)CC=O)CCCCC1. The average molecular weight is 415 g/mol. The van der Waals surface area contributed by atoms with Gasteiger partial charge in [0.25, 0.3) is 0 Å². The van der Waals surface area contributed by atoms with Crippen molar-refractivity contribution in [2.24, 2.45) is 10.8 Å². The van der Waals surface area contributed by atoms with Crippen molar-refractivity contribution in [2.45, 2.75) is 92.3 Å². The molecule has 0 heterocycles. The van der Waals surface area contributed by atoms with Crippen LogP contribution in [0.2, 0.25) is 0 Å². The van der Waals surface area contributed by atoms with Gasteiger partial charge in [-0.25, -0.2) is 0 Å². The topological polar surface area (TPSA) is 76.7 Å². The van der Waals surface area contributed by atoms with Crippen LogP contribution >= 0.6 is 0 Å². The summed E-state index contributed by atoms with van der Waals surface area (Å²) in [4.78, 5) is 23.3. The van der Waals surface area contributed by atoms with Gasteiger partial charge < -0.3 is 24.9 Å². The normalized spacial score (nSPS) is 16.5. The summed E-state index contributed by atoms with van der Waals surface area (Å²) in [6.07, 6.45) is 7.06. The summed E-state index contributed by atoms with van der Waals surface area (Å²) in [5.41, 5.74) is -0.490. The largest absolute Gasteiger partial charge is 0.354 e. The summed E-state index contributed by atoms with van der Waals surface area (Å²) >= 11 is 0. The molecule has 0 aliphatic heterocycles. The third-order valence-electron chi connectivity index (χ3n) is 6.15. The molecule has 0 aromatic heterocycles. The molecule has 2 N–H and O–H groups in total. The molecule has 1 rings (SSSR count). The molecule has 6 nitrogen and oxygen atoms in total. The maximum absolute atomic E-state index is 12.4. The number of likely N-dealkylation sites (N-methyl/N-ethyl adjacent to an activating group) is 1. The molecule has 0 aromatic carbocycles. The first kappa shape index (κ1) is 28.0. The van der Waals surface area contributed by atoms with Crippen molar-refractivity contribution < 1.29 is 19.1 Å². The molecular formula is C23H46N2O4. The molecule has 29 heavy (non-hydrogen) atoms. The first-order valence-electron chi connectivity index (χ1n) is 11.3. The van der Waals surface area contributed by atoms with E-state index in [0.717, 1.165) is 38.5 Å². The Hall–Kier alpha value is -0.980. The average Bonchev–Trinajstić information content (AvgIpc) is 2.67. The van der Waals surface area contributed by atoms with Crippen molar-refractivity contribution in [2.75, 3.05) is 33.4 Å². The Morgan fingerprint density at radius 1 is 0.966 bits per heavy atom. The summed E-state index contributed by atoms with van der Waals surface area (Å²) in [6.45, 7) is 14.5. The standard InChI is InChI=1S/C21H40N2O4.C2H6/c1-19(2,11-14-24)20(3,4)17-18(25)23-13-16-27-21(26-15-12-22-5)9-7-6-8-10-21;1-2/h14,22H,6-13,15-17H2,1-5H3,(H,23,25);1-2H3. The molecular weight excluding hydrogens is 368 g/mol. The van der Waals surface area contributed by atoms with Crippen LogP contribution in [0.1, 0.15) is 86.5 Å². The number of hydrogen-bond donors (Lipinski definition) is 2. The summed E-state index contributed by atoms with van der Waals surface area (Å²) < 4.78 is 12.1. The van der Waals surface area contributed by atoms with E-state index in [9.17, 15) is 9.59 Å². The number of aldehydes is 1. The van der Waals surface area contributed by atoms with Gasteiger partial charge in [0.05, 0.1) is 13.2 Å². The quantitative estimate of drug-likeness (QED) is 0.270. The molecule has 1 aliphatic rings. The molecule has 6 heteroatoms. The lowest BCUT2D eigenvalue weighted by Gasteiger charge is -2.40. The fraction of sp³-hybridized carbons (Fsp3) is 0.913. The predicted octanol–water partition coefficient (Wildman–Crippen LogP) is 4.07. The van der Waals surface area contributed by atoms with Crippen LogP contribution in [0.25, 0.3) is 0 Å². The van der Waals surface area contributed by atoms with Gasteiger partial charge in [-0.3, -0.25) is 4.79 Å². The van der Waals surface area contributed by atoms with E-state index < -0.39 is 5.79 Å². The number of carbonyl (C=O) groups is 2. The summed E-state index contributed by atoms with van der Waals surface area (Å²) in [7, 11) is 1.91. The minimum atomic E-state index is -0.495. The molecule has 172 valence electrons. The van der Waals surface area contributed by atoms with Gasteiger partial charge >= 0.3 is 0 Å². The van der Waals surface area contributed by atoms with E-state index in [-0.39, 0.29) is 16.7 Å². The van der Waals surface area contributed by atoms with Gasteiger partial charge in [0, 0.05) is 38.8 Å². The molecule has 0 bridgehead atoms. The third kappa shape index (κ3) is 10.1. The van der Waals surface area contributed by atoms with Crippen molar-refractivity contribution in [1.82, 2.24) is 10.6 Å². The van der Waals surface area contributed by atoms with Crippen LogP contribution in [0, 0.1) is 10.8 Å². The van der Waals surface area contributed by atoms with Crippen LogP contribution in [0.15, 0.2) is 0 Å². The Kier molecular flexibility index (Phi) is 13.6. The molecule has 1 fully saturated rings. The van der Waals surface area contributed by atoms with Gasteiger partial charge in [-0.1, -0.05) is 48.0 Å². The second-order valence-corrected chi connectivity index (χ2v) is 8.94. The van der Waals surface area contributed by atoms with Gasteiger partial charge in [-0.2, -0.15) is 0 Å². The van der Waals surface area contributed by atoms with Crippen LogP contribution in [0.5, 0.6) is 0 Å². The lowest BCUT2D eigenvalue weighted by Crippen LogP contribution is -2.42. The minimum Gasteiger partial charge on any atom is -0.354 e. The Bertz CT molecular complexity index is 458. The van der Waals surface area contributed by atoms with E-state index in [1.807, 2.05) is 48.6 Å². The number of rotatable bonds is 13. The van der Waals surface area contributed by atoms with E-state index in [1.165, 1.54) is 6.42 Å². The molecule has 0 radical (unpaired) electrons. The van der Waals surface area contributed by atoms with E-state index in [0.29, 0.717) is 32.6 Å². The zero-order valence-corrected chi connectivity index (χ0v) is 20.0. The number of nitrogens with one attached hydrogen (secondary N) is 2. The van der Waals surface area contributed by atoms with Gasteiger partial charge in [0.15, 0.2) is 5.79 Å². The lowest BCUT2D eigenvalue weighted by atomic mass is 9.64. The second kappa shape index (κ2) is 14.1. The fourth-order valence-electron chi connectivity index (χ4n) is 3.38. The minimum absolute atomic E-state index is 0.00336. The van der Waals surface area contributed by atoms with E-state index in [1.54, 1.807) is 0 Å². The Morgan fingerprint density at radius 2 is 1.52 bits per heavy atom. The number of hydrogen-bond acceptors (Lipinski definition) is 5. The third-order valence-corrected chi connectivity index (χ3v) is 6.15. The molecule has 1 saturated carbocycles. The monoisotopic (exact) mass is 414 g/mol. The molecule has 0 saturated heterocycles. The smallest absolute Gasteiger partial charge is 0.220 e. The van der Waals surface area contributed by atoms with E-state index in [2.05, 4.69) is 10.6 Å². The van der Waals surface area contributed by atoms with E-state index in [4.69, 9.17) is 9.47 Å². The highest BCUT2D eigenvalue weighted by molar-refractivity contribution is 5.76. The Morgan fingerprint density at radius 3 is 2.03 bits per heavy atom. The van der Waals surface area contributed by atoms with Gasteiger partial charge in [0.2, 0.25) is 5.91 Å². The van der Waals surface area contributed by atoms with Crippen LogP contribution < -0.4 is 10.6 Å². The first-order valence-corrected chi connectivity index (χ1v) is 11.3. The highest BCUT2D eigenvalue weighted by Gasteiger charge is 2.38. The number of amides is 1. The summed E-state index contributed by atoms with van der Waals surface area (Å²) in [6, 6.07) is 0. The lowest BCUT2D eigenvalue weighted by molar-refractivity contribution is -0.250. The van der Waals surface area contributed by atoms with Crippen LogP contribution in [-0.2, 0) is 19.1 Å².